The molecule has 0 atom stereocenters. The second-order valence-electron chi connectivity index (χ2n) is 4.39. The number of hydrogen-bond donors (Lipinski definition) is 2. The van der Waals surface area contributed by atoms with E-state index in [1.807, 2.05) is 4.90 Å². The van der Waals surface area contributed by atoms with Crippen LogP contribution in [0, 0.1) is 11.7 Å². The quantitative estimate of drug-likeness (QED) is 0.831. The molecule has 1 fully saturated rings. The molecular formula is C12H13FN2O3. The van der Waals surface area contributed by atoms with Gasteiger partial charge in [0.25, 0.3) is 5.91 Å². The lowest BCUT2D eigenvalue weighted by atomic mass is 9.94. The number of hydrogen-bond acceptors (Lipinski definition) is 3. The average molecular weight is 252 g/mol. The Labute approximate surface area is 103 Å². The van der Waals surface area contributed by atoms with E-state index < -0.39 is 17.7 Å². The van der Waals surface area contributed by atoms with E-state index in [-0.39, 0.29) is 17.9 Å². The second-order valence-corrected chi connectivity index (χ2v) is 4.39. The minimum atomic E-state index is -0.839. The number of amides is 1. The first kappa shape index (κ1) is 12.3. The van der Waals surface area contributed by atoms with Crippen molar-refractivity contribution in [2.75, 3.05) is 18.0 Å². The molecule has 3 N–H and O–H groups in total. The maximum Gasteiger partial charge on any atom is 0.303 e. The lowest BCUT2D eigenvalue weighted by Crippen LogP contribution is -2.48. The molecule has 1 aromatic rings. The standard InChI is InChI=1S/C12H13FN2O3/c13-8-1-2-10(9(4-8)12(14)18)15-5-7(6-15)3-11(16)17/h1-2,4,7H,3,5-6H2,(H2,14,18)(H,16,17). The van der Waals surface area contributed by atoms with Crippen LogP contribution in [0.5, 0.6) is 0 Å². The van der Waals surface area contributed by atoms with Crippen molar-refractivity contribution < 1.29 is 19.1 Å². The third kappa shape index (κ3) is 2.42. The van der Waals surface area contributed by atoms with Crippen molar-refractivity contribution in [3.05, 3.63) is 29.6 Å². The molecule has 0 saturated carbocycles. The predicted molar refractivity (Wildman–Crippen MR) is 62.9 cm³/mol. The molecule has 1 aliphatic heterocycles. The average Bonchev–Trinajstić information content (AvgIpc) is 2.23. The first-order chi connectivity index (χ1) is 8.47. The molecule has 5 nitrogen and oxygen atoms in total. The molecule has 0 spiro atoms. The Balaban J connectivity index is 2.11. The maximum absolute atomic E-state index is 13.0. The van der Waals surface area contributed by atoms with E-state index in [1.54, 1.807) is 0 Å². The predicted octanol–water partition coefficient (Wildman–Crippen LogP) is 0.836. The summed E-state index contributed by atoms with van der Waals surface area (Å²) in [5, 5.41) is 8.64. The maximum atomic E-state index is 13.0. The van der Waals surface area contributed by atoms with Gasteiger partial charge in [0.15, 0.2) is 0 Å². The molecule has 1 heterocycles. The van der Waals surface area contributed by atoms with Crippen molar-refractivity contribution in [2.45, 2.75) is 6.42 Å². The van der Waals surface area contributed by atoms with Crippen LogP contribution in [0.15, 0.2) is 18.2 Å². The molecule has 6 heteroatoms. The number of benzene rings is 1. The van der Waals surface area contributed by atoms with Gasteiger partial charge in [-0.05, 0) is 18.2 Å². The molecule has 0 bridgehead atoms. The van der Waals surface area contributed by atoms with E-state index in [2.05, 4.69) is 0 Å². The first-order valence-corrected chi connectivity index (χ1v) is 5.53. The number of carboxylic acid groups (broad SMARTS) is 1. The summed E-state index contributed by atoms with van der Waals surface area (Å²) in [4.78, 5) is 23.6. The Kier molecular flexibility index (Phi) is 3.18. The third-order valence-electron chi connectivity index (χ3n) is 2.99. The fraction of sp³-hybridized carbons (Fsp3) is 0.333. The third-order valence-corrected chi connectivity index (χ3v) is 2.99. The highest BCUT2D eigenvalue weighted by molar-refractivity contribution is 5.98. The number of primary amides is 1. The molecule has 0 radical (unpaired) electrons. The van der Waals surface area contributed by atoms with Crippen molar-refractivity contribution in [2.24, 2.45) is 11.7 Å². The summed E-state index contributed by atoms with van der Waals surface area (Å²) in [5.41, 5.74) is 5.88. The van der Waals surface area contributed by atoms with Crippen LogP contribution in [0.3, 0.4) is 0 Å². The highest BCUT2D eigenvalue weighted by Gasteiger charge is 2.30. The SMILES string of the molecule is NC(=O)c1cc(F)ccc1N1CC(CC(=O)O)C1. The zero-order valence-corrected chi connectivity index (χ0v) is 9.60. The van der Waals surface area contributed by atoms with E-state index in [4.69, 9.17) is 10.8 Å². The highest BCUT2D eigenvalue weighted by Crippen LogP contribution is 2.29. The van der Waals surface area contributed by atoms with Crippen molar-refractivity contribution >= 4 is 17.6 Å². The molecule has 2 rings (SSSR count). The van der Waals surface area contributed by atoms with Gasteiger partial charge in [0.2, 0.25) is 0 Å². The van der Waals surface area contributed by atoms with Gasteiger partial charge in [0.1, 0.15) is 5.82 Å². The van der Waals surface area contributed by atoms with E-state index in [1.165, 1.54) is 12.1 Å². The van der Waals surface area contributed by atoms with Gasteiger partial charge >= 0.3 is 5.97 Å². The van der Waals surface area contributed by atoms with Crippen LogP contribution in [-0.4, -0.2) is 30.1 Å². The summed E-state index contributed by atoms with van der Waals surface area (Å²) in [6, 6.07) is 3.85. The molecule has 0 unspecified atom stereocenters. The number of rotatable bonds is 4. The van der Waals surface area contributed by atoms with E-state index in [0.29, 0.717) is 18.8 Å². The summed E-state index contributed by atoms with van der Waals surface area (Å²) in [5.74, 6) is -1.98. The van der Waals surface area contributed by atoms with Crippen LogP contribution in [0.2, 0.25) is 0 Å². The van der Waals surface area contributed by atoms with E-state index in [0.717, 1.165) is 6.07 Å². The Bertz CT molecular complexity index is 498. The fourth-order valence-corrected chi connectivity index (χ4v) is 2.12. The molecule has 18 heavy (non-hydrogen) atoms. The topological polar surface area (TPSA) is 83.6 Å². The van der Waals surface area contributed by atoms with Crippen LogP contribution in [0.4, 0.5) is 10.1 Å². The summed E-state index contributed by atoms with van der Waals surface area (Å²) >= 11 is 0. The molecule has 1 aromatic carbocycles. The van der Waals surface area contributed by atoms with Crippen LogP contribution < -0.4 is 10.6 Å². The molecule has 96 valence electrons. The van der Waals surface area contributed by atoms with Crippen LogP contribution >= 0.6 is 0 Å². The summed E-state index contributed by atoms with van der Waals surface area (Å²) in [7, 11) is 0. The number of carbonyl (C=O) groups is 2. The lowest BCUT2D eigenvalue weighted by Gasteiger charge is -2.41. The normalized spacial score (nSPS) is 15.3. The van der Waals surface area contributed by atoms with Gasteiger partial charge in [-0.2, -0.15) is 0 Å². The smallest absolute Gasteiger partial charge is 0.303 e. The molecule has 0 aromatic heterocycles. The monoisotopic (exact) mass is 252 g/mol. The van der Waals surface area contributed by atoms with Crippen molar-refractivity contribution in [3.8, 4) is 0 Å². The number of nitrogens with two attached hydrogens (primary N) is 1. The molecular weight excluding hydrogens is 239 g/mol. The summed E-state index contributed by atoms with van der Waals surface area (Å²) in [6.07, 6.45) is 0.101. The number of aliphatic carboxylic acids is 1. The highest BCUT2D eigenvalue weighted by atomic mass is 19.1. The van der Waals surface area contributed by atoms with Crippen molar-refractivity contribution in [3.63, 3.8) is 0 Å². The Morgan fingerprint density at radius 1 is 1.44 bits per heavy atom. The summed E-state index contributed by atoms with van der Waals surface area (Å²) in [6.45, 7) is 1.08. The first-order valence-electron chi connectivity index (χ1n) is 5.53. The van der Waals surface area contributed by atoms with Gasteiger partial charge in [0, 0.05) is 24.7 Å². The van der Waals surface area contributed by atoms with Crippen LogP contribution in [-0.2, 0) is 4.79 Å². The van der Waals surface area contributed by atoms with Crippen LogP contribution in [0.1, 0.15) is 16.8 Å². The minimum Gasteiger partial charge on any atom is -0.481 e. The number of halogens is 1. The van der Waals surface area contributed by atoms with Gasteiger partial charge in [-0.15, -0.1) is 0 Å². The second kappa shape index (κ2) is 4.64. The van der Waals surface area contributed by atoms with E-state index >= 15 is 0 Å². The molecule has 1 amide bonds. The number of anilines is 1. The van der Waals surface area contributed by atoms with Gasteiger partial charge in [-0.1, -0.05) is 0 Å². The van der Waals surface area contributed by atoms with Crippen molar-refractivity contribution in [1.29, 1.82) is 0 Å². The van der Waals surface area contributed by atoms with E-state index in [9.17, 15) is 14.0 Å². The number of nitrogens with zero attached hydrogens (tertiary/aromatic N) is 1. The van der Waals surface area contributed by atoms with Crippen LogP contribution in [0.25, 0.3) is 0 Å². The Morgan fingerprint density at radius 2 is 2.11 bits per heavy atom. The van der Waals surface area contributed by atoms with Gasteiger partial charge in [0.05, 0.1) is 12.0 Å². The number of carboxylic acids is 1. The van der Waals surface area contributed by atoms with Gasteiger partial charge < -0.3 is 15.7 Å². The molecule has 0 aliphatic carbocycles. The zero-order valence-electron chi connectivity index (χ0n) is 9.60. The zero-order chi connectivity index (χ0) is 13.3. The molecule has 1 aliphatic rings. The fourth-order valence-electron chi connectivity index (χ4n) is 2.12. The summed E-state index contributed by atoms with van der Waals surface area (Å²) < 4.78 is 13.0. The van der Waals surface area contributed by atoms with Gasteiger partial charge in [-0.25, -0.2) is 4.39 Å². The van der Waals surface area contributed by atoms with Gasteiger partial charge in [-0.3, -0.25) is 9.59 Å². The number of carbonyl (C=O) groups excluding carboxylic acids is 1. The minimum absolute atomic E-state index is 0.0632. The largest absolute Gasteiger partial charge is 0.481 e. The Hall–Kier alpha value is -2.11. The van der Waals surface area contributed by atoms with Crippen molar-refractivity contribution in [1.82, 2.24) is 0 Å². The molecule has 1 saturated heterocycles. The lowest BCUT2D eigenvalue weighted by molar-refractivity contribution is -0.138. The Morgan fingerprint density at radius 3 is 2.67 bits per heavy atom.